The third kappa shape index (κ3) is 2.75. The number of nitrogens with one attached hydrogen (secondary N) is 1. The number of aryl methyl sites for hydroxylation is 1. The molecular weight excluding hydrogens is 254 g/mol. The monoisotopic (exact) mass is 263 g/mol. The second kappa shape index (κ2) is 5.01. The van der Waals surface area contributed by atoms with Crippen molar-refractivity contribution in [2.24, 2.45) is 0 Å². The maximum atomic E-state index is 10.8. The topological polar surface area (TPSA) is 75.1 Å². The number of aromatic carboxylic acids is 1. The van der Waals surface area contributed by atoms with E-state index < -0.39 is 5.97 Å². The zero-order valence-corrected chi connectivity index (χ0v) is 10.3. The van der Waals surface area contributed by atoms with Gasteiger partial charge in [-0.15, -0.1) is 0 Å². The fraction of sp³-hybridized carbons (Fsp3) is 0.0833. The summed E-state index contributed by atoms with van der Waals surface area (Å²) in [5.41, 5.74) is 1.70. The van der Waals surface area contributed by atoms with E-state index in [1.54, 1.807) is 12.1 Å². The van der Waals surface area contributed by atoms with Gasteiger partial charge in [-0.05, 0) is 30.7 Å². The lowest BCUT2D eigenvalue weighted by Gasteiger charge is -2.09. The molecule has 6 heteroatoms. The SMILES string of the molecule is Cc1cc(Cl)ccc1Nc1cc(C(=O)O)ncn1. The molecule has 1 heterocycles. The molecule has 0 spiro atoms. The van der Waals surface area contributed by atoms with Crippen LogP contribution in [0.5, 0.6) is 0 Å². The molecule has 0 saturated carbocycles. The van der Waals surface area contributed by atoms with Gasteiger partial charge in [0.15, 0.2) is 5.69 Å². The number of hydrogen-bond acceptors (Lipinski definition) is 4. The summed E-state index contributed by atoms with van der Waals surface area (Å²) in [5, 5.41) is 12.5. The Morgan fingerprint density at radius 1 is 1.33 bits per heavy atom. The highest BCUT2D eigenvalue weighted by atomic mass is 35.5. The van der Waals surface area contributed by atoms with Gasteiger partial charge in [0, 0.05) is 16.8 Å². The standard InChI is InChI=1S/C12H10ClN3O2/c1-7-4-8(13)2-3-9(7)16-11-5-10(12(17)18)14-6-15-11/h2-6H,1H3,(H,17,18)(H,14,15,16). The molecule has 0 aliphatic heterocycles. The number of anilines is 2. The molecule has 18 heavy (non-hydrogen) atoms. The molecule has 0 radical (unpaired) electrons. The molecule has 2 rings (SSSR count). The molecule has 0 saturated heterocycles. The van der Waals surface area contributed by atoms with Crippen LogP contribution in [-0.2, 0) is 0 Å². The number of halogens is 1. The zero-order valence-electron chi connectivity index (χ0n) is 9.51. The minimum atomic E-state index is -1.09. The van der Waals surface area contributed by atoms with E-state index in [0.717, 1.165) is 11.3 Å². The molecule has 2 aromatic rings. The first-order valence-corrected chi connectivity index (χ1v) is 5.52. The number of rotatable bonds is 3. The molecule has 1 aromatic heterocycles. The summed E-state index contributed by atoms with van der Waals surface area (Å²) in [6.07, 6.45) is 1.21. The first-order chi connectivity index (χ1) is 8.56. The molecule has 0 unspecified atom stereocenters. The molecule has 0 bridgehead atoms. The Balaban J connectivity index is 2.28. The molecule has 1 aromatic carbocycles. The lowest BCUT2D eigenvalue weighted by Crippen LogP contribution is -2.03. The van der Waals surface area contributed by atoms with Crippen LogP contribution in [0.3, 0.4) is 0 Å². The Labute approximate surface area is 108 Å². The summed E-state index contributed by atoms with van der Waals surface area (Å²) in [6.45, 7) is 1.90. The van der Waals surface area contributed by atoms with E-state index in [9.17, 15) is 4.79 Å². The van der Waals surface area contributed by atoms with Gasteiger partial charge < -0.3 is 10.4 Å². The van der Waals surface area contributed by atoms with Gasteiger partial charge in [-0.25, -0.2) is 14.8 Å². The third-order valence-corrected chi connectivity index (χ3v) is 2.57. The second-order valence-electron chi connectivity index (χ2n) is 3.68. The Morgan fingerprint density at radius 2 is 2.11 bits per heavy atom. The first kappa shape index (κ1) is 12.3. The largest absolute Gasteiger partial charge is 0.477 e. The fourth-order valence-corrected chi connectivity index (χ4v) is 1.67. The van der Waals surface area contributed by atoms with Crippen molar-refractivity contribution in [2.45, 2.75) is 6.92 Å². The van der Waals surface area contributed by atoms with Gasteiger partial charge in [-0.1, -0.05) is 11.6 Å². The van der Waals surface area contributed by atoms with Crippen molar-refractivity contribution in [3.05, 3.63) is 46.9 Å². The van der Waals surface area contributed by atoms with E-state index in [1.165, 1.54) is 12.4 Å². The van der Waals surface area contributed by atoms with E-state index in [-0.39, 0.29) is 5.69 Å². The number of carboxylic acids is 1. The Morgan fingerprint density at radius 3 is 2.78 bits per heavy atom. The van der Waals surface area contributed by atoms with Gasteiger partial charge in [0.05, 0.1) is 0 Å². The van der Waals surface area contributed by atoms with Crippen LogP contribution in [-0.4, -0.2) is 21.0 Å². The van der Waals surface area contributed by atoms with Crippen LogP contribution in [0.15, 0.2) is 30.6 Å². The van der Waals surface area contributed by atoms with Gasteiger partial charge in [-0.3, -0.25) is 0 Å². The fourth-order valence-electron chi connectivity index (χ4n) is 1.45. The van der Waals surface area contributed by atoms with Crippen molar-refractivity contribution < 1.29 is 9.90 Å². The predicted octanol–water partition coefficient (Wildman–Crippen LogP) is 2.88. The molecular formula is C12H10ClN3O2. The molecule has 5 nitrogen and oxygen atoms in total. The normalized spacial score (nSPS) is 10.1. The smallest absolute Gasteiger partial charge is 0.354 e. The maximum absolute atomic E-state index is 10.8. The molecule has 2 N–H and O–H groups in total. The highest BCUT2D eigenvalue weighted by molar-refractivity contribution is 6.30. The third-order valence-electron chi connectivity index (χ3n) is 2.34. The minimum absolute atomic E-state index is 0.0564. The number of hydrogen-bond donors (Lipinski definition) is 2. The van der Waals surface area contributed by atoms with Crippen LogP contribution in [0.2, 0.25) is 5.02 Å². The van der Waals surface area contributed by atoms with E-state index in [0.29, 0.717) is 10.8 Å². The van der Waals surface area contributed by atoms with E-state index >= 15 is 0 Å². The lowest BCUT2D eigenvalue weighted by atomic mass is 10.2. The van der Waals surface area contributed by atoms with Gasteiger partial charge in [-0.2, -0.15) is 0 Å². The average molecular weight is 264 g/mol. The molecule has 0 fully saturated rings. The molecule has 0 aliphatic rings. The number of nitrogens with zero attached hydrogens (tertiary/aromatic N) is 2. The van der Waals surface area contributed by atoms with E-state index in [4.69, 9.17) is 16.7 Å². The quantitative estimate of drug-likeness (QED) is 0.891. The predicted molar refractivity (Wildman–Crippen MR) is 68.5 cm³/mol. The summed E-state index contributed by atoms with van der Waals surface area (Å²) < 4.78 is 0. The number of carbonyl (C=O) groups is 1. The van der Waals surface area contributed by atoms with Crippen molar-refractivity contribution in [3.8, 4) is 0 Å². The first-order valence-electron chi connectivity index (χ1n) is 5.15. The number of benzene rings is 1. The summed E-state index contributed by atoms with van der Waals surface area (Å²) in [5.74, 6) is -0.666. The highest BCUT2D eigenvalue weighted by Crippen LogP contribution is 2.22. The number of carboxylic acid groups (broad SMARTS) is 1. The van der Waals surface area contributed by atoms with Crippen molar-refractivity contribution >= 4 is 29.1 Å². The molecule has 0 atom stereocenters. The number of aromatic nitrogens is 2. The van der Waals surface area contributed by atoms with Crippen molar-refractivity contribution in [1.82, 2.24) is 9.97 Å². The Kier molecular flexibility index (Phi) is 3.43. The molecule has 0 amide bonds. The van der Waals surface area contributed by atoms with Gasteiger partial charge in [0.1, 0.15) is 12.1 Å². The minimum Gasteiger partial charge on any atom is -0.477 e. The van der Waals surface area contributed by atoms with Crippen LogP contribution in [0.25, 0.3) is 0 Å². The van der Waals surface area contributed by atoms with Crippen molar-refractivity contribution in [3.63, 3.8) is 0 Å². The van der Waals surface area contributed by atoms with Crippen molar-refractivity contribution in [2.75, 3.05) is 5.32 Å². The van der Waals surface area contributed by atoms with Crippen LogP contribution < -0.4 is 5.32 Å². The summed E-state index contributed by atoms with van der Waals surface area (Å²) in [4.78, 5) is 18.4. The van der Waals surface area contributed by atoms with Gasteiger partial charge >= 0.3 is 5.97 Å². The molecule has 0 aliphatic carbocycles. The summed E-state index contributed by atoms with van der Waals surface area (Å²) in [6, 6.07) is 6.73. The maximum Gasteiger partial charge on any atom is 0.354 e. The second-order valence-corrected chi connectivity index (χ2v) is 4.11. The van der Waals surface area contributed by atoms with Gasteiger partial charge in [0.2, 0.25) is 0 Å². The summed E-state index contributed by atoms with van der Waals surface area (Å²) >= 11 is 5.86. The van der Waals surface area contributed by atoms with E-state index in [2.05, 4.69) is 15.3 Å². The van der Waals surface area contributed by atoms with Crippen LogP contribution in [0.1, 0.15) is 16.1 Å². The zero-order chi connectivity index (χ0) is 13.1. The van der Waals surface area contributed by atoms with Crippen LogP contribution in [0.4, 0.5) is 11.5 Å². The van der Waals surface area contributed by atoms with Crippen molar-refractivity contribution in [1.29, 1.82) is 0 Å². The Hall–Kier alpha value is -2.14. The average Bonchev–Trinajstić information content (AvgIpc) is 2.33. The Bertz CT molecular complexity index is 602. The van der Waals surface area contributed by atoms with Crippen LogP contribution in [0, 0.1) is 6.92 Å². The highest BCUT2D eigenvalue weighted by Gasteiger charge is 2.07. The summed E-state index contributed by atoms with van der Waals surface area (Å²) in [7, 11) is 0. The lowest BCUT2D eigenvalue weighted by molar-refractivity contribution is 0.0690. The van der Waals surface area contributed by atoms with E-state index in [1.807, 2.05) is 13.0 Å². The van der Waals surface area contributed by atoms with Crippen LogP contribution >= 0.6 is 11.6 Å². The molecule has 92 valence electrons. The van der Waals surface area contributed by atoms with Gasteiger partial charge in [0.25, 0.3) is 0 Å².